The number of rotatable bonds is 3. The molecule has 24 heavy (non-hydrogen) atoms. The summed E-state index contributed by atoms with van der Waals surface area (Å²) in [6, 6.07) is 18.5. The summed E-state index contributed by atoms with van der Waals surface area (Å²) < 4.78 is 0. The van der Waals surface area contributed by atoms with E-state index in [0.29, 0.717) is 28.1 Å². The molecule has 0 unspecified atom stereocenters. The molecule has 0 spiro atoms. The van der Waals surface area contributed by atoms with Crippen molar-refractivity contribution in [2.75, 3.05) is 5.32 Å². The Hall–Kier alpha value is -3.72. The lowest BCUT2D eigenvalue weighted by Crippen LogP contribution is -2.13. The fourth-order valence-electron chi connectivity index (χ4n) is 2.23. The average Bonchev–Trinajstić information content (AvgIpc) is 2.63. The van der Waals surface area contributed by atoms with Crippen LogP contribution in [-0.2, 0) is 0 Å². The van der Waals surface area contributed by atoms with E-state index in [2.05, 4.69) is 15.5 Å². The minimum atomic E-state index is -0.330. The third kappa shape index (κ3) is 3.20. The fourth-order valence-corrected chi connectivity index (χ4v) is 2.23. The van der Waals surface area contributed by atoms with Crippen LogP contribution in [0.1, 0.15) is 15.9 Å². The number of anilines is 1. The zero-order valence-electron chi connectivity index (χ0n) is 12.5. The van der Waals surface area contributed by atoms with Crippen molar-refractivity contribution in [2.45, 2.75) is 0 Å². The van der Waals surface area contributed by atoms with E-state index in [9.17, 15) is 9.59 Å². The van der Waals surface area contributed by atoms with Crippen molar-refractivity contribution in [3.8, 4) is 17.3 Å². The number of H-pyrrole nitrogens is 1. The molecule has 0 radical (unpaired) electrons. The molecule has 3 aromatic rings. The van der Waals surface area contributed by atoms with E-state index in [0.717, 1.165) is 0 Å². The van der Waals surface area contributed by atoms with Gasteiger partial charge < -0.3 is 5.32 Å². The number of nitriles is 1. The molecule has 0 aliphatic heterocycles. The van der Waals surface area contributed by atoms with Gasteiger partial charge in [-0.25, -0.2) is 5.10 Å². The average molecular weight is 316 g/mol. The minimum absolute atomic E-state index is 0.298. The van der Waals surface area contributed by atoms with E-state index in [-0.39, 0.29) is 11.5 Å². The first-order chi connectivity index (χ1) is 11.7. The van der Waals surface area contributed by atoms with Gasteiger partial charge in [-0.1, -0.05) is 24.3 Å². The normalized spacial score (nSPS) is 9.96. The largest absolute Gasteiger partial charge is 0.321 e. The summed E-state index contributed by atoms with van der Waals surface area (Å²) >= 11 is 0. The maximum atomic E-state index is 12.4. The zero-order chi connectivity index (χ0) is 16.9. The molecule has 0 aliphatic carbocycles. The lowest BCUT2D eigenvalue weighted by atomic mass is 10.1. The summed E-state index contributed by atoms with van der Waals surface area (Å²) in [5, 5.41) is 18.1. The first-order valence-corrected chi connectivity index (χ1v) is 7.14. The number of para-hydroxylation sites is 1. The highest BCUT2D eigenvalue weighted by Crippen LogP contribution is 2.25. The number of hydrogen-bond donors (Lipinski definition) is 2. The highest BCUT2D eigenvalue weighted by Gasteiger charge is 2.11. The van der Waals surface area contributed by atoms with Crippen LogP contribution in [0.3, 0.4) is 0 Å². The lowest BCUT2D eigenvalue weighted by molar-refractivity contribution is 0.102. The van der Waals surface area contributed by atoms with E-state index >= 15 is 0 Å². The molecule has 0 saturated heterocycles. The molecule has 2 aromatic carbocycles. The van der Waals surface area contributed by atoms with E-state index in [1.165, 1.54) is 12.1 Å². The van der Waals surface area contributed by atoms with E-state index in [4.69, 9.17) is 5.26 Å². The summed E-state index contributed by atoms with van der Waals surface area (Å²) in [6.45, 7) is 0. The van der Waals surface area contributed by atoms with Crippen LogP contribution in [0.25, 0.3) is 11.3 Å². The zero-order valence-corrected chi connectivity index (χ0v) is 12.5. The number of aromatic amines is 1. The van der Waals surface area contributed by atoms with Gasteiger partial charge in [0.05, 0.1) is 23.0 Å². The Morgan fingerprint density at radius 1 is 1.08 bits per heavy atom. The van der Waals surface area contributed by atoms with Crippen molar-refractivity contribution in [1.29, 1.82) is 5.26 Å². The minimum Gasteiger partial charge on any atom is -0.321 e. The molecular formula is C18H12N4O2. The quantitative estimate of drug-likeness (QED) is 0.775. The maximum absolute atomic E-state index is 12.4. The third-order valence-electron chi connectivity index (χ3n) is 3.38. The lowest BCUT2D eigenvalue weighted by Gasteiger charge is -2.10. The molecular weight excluding hydrogens is 304 g/mol. The van der Waals surface area contributed by atoms with Crippen LogP contribution in [0.5, 0.6) is 0 Å². The van der Waals surface area contributed by atoms with Gasteiger partial charge in [-0.3, -0.25) is 9.59 Å². The van der Waals surface area contributed by atoms with Gasteiger partial charge in [-0.2, -0.15) is 10.4 Å². The van der Waals surface area contributed by atoms with Gasteiger partial charge >= 0.3 is 0 Å². The molecule has 1 heterocycles. The van der Waals surface area contributed by atoms with E-state index in [1.54, 1.807) is 42.5 Å². The van der Waals surface area contributed by atoms with Crippen molar-refractivity contribution in [3.05, 3.63) is 82.1 Å². The molecule has 6 heteroatoms. The Kier molecular flexibility index (Phi) is 4.17. The van der Waals surface area contributed by atoms with E-state index < -0.39 is 0 Å². The van der Waals surface area contributed by atoms with Crippen molar-refractivity contribution in [1.82, 2.24) is 10.2 Å². The Morgan fingerprint density at radius 3 is 2.67 bits per heavy atom. The van der Waals surface area contributed by atoms with Crippen LogP contribution in [-0.4, -0.2) is 16.1 Å². The second-order valence-corrected chi connectivity index (χ2v) is 5.00. The van der Waals surface area contributed by atoms with Gasteiger partial charge in [0.1, 0.15) is 0 Å². The first-order valence-electron chi connectivity index (χ1n) is 7.14. The van der Waals surface area contributed by atoms with Crippen LogP contribution in [0.2, 0.25) is 0 Å². The van der Waals surface area contributed by atoms with Crippen LogP contribution in [0.4, 0.5) is 5.69 Å². The smallest absolute Gasteiger partial charge is 0.264 e. The van der Waals surface area contributed by atoms with Crippen LogP contribution in [0.15, 0.2) is 65.5 Å². The van der Waals surface area contributed by atoms with Crippen molar-refractivity contribution < 1.29 is 4.79 Å². The molecule has 0 saturated carbocycles. The summed E-state index contributed by atoms with van der Waals surface area (Å²) in [5.41, 5.74) is 2.28. The van der Waals surface area contributed by atoms with Gasteiger partial charge in [0.15, 0.2) is 0 Å². The predicted octanol–water partition coefficient (Wildman–Crippen LogP) is 2.56. The number of carbonyl (C=O) groups excluding carboxylic acids is 1. The van der Waals surface area contributed by atoms with Crippen molar-refractivity contribution in [3.63, 3.8) is 0 Å². The molecule has 3 rings (SSSR count). The number of amides is 1. The molecule has 1 amide bonds. The second kappa shape index (κ2) is 6.58. The van der Waals surface area contributed by atoms with E-state index in [1.807, 2.05) is 12.1 Å². The number of hydrogen-bond acceptors (Lipinski definition) is 4. The Labute approximate surface area is 137 Å². The van der Waals surface area contributed by atoms with Gasteiger partial charge in [-0.15, -0.1) is 0 Å². The molecule has 2 N–H and O–H groups in total. The highest BCUT2D eigenvalue weighted by atomic mass is 16.1. The topological polar surface area (TPSA) is 98.6 Å². The standard InChI is InChI=1S/C18H12N4O2/c19-11-12-4-3-5-13(10-12)18(24)20-15-7-2-1-6-14(15)16-8-9-17(23)22-21-16/h1-10H,(H,20,24)(H,22,23). The van der Waals surface area contributed by atoms with Crippen molar-refractivity contribution in [2.24, 2.45) is 0 Å². The monoisotopic (exact) mass is 316 g/mol. The summed E-state index contributed by atoms with van der Waals surface area (Å²) in [4.78, 5) is 23.6. The summed E-state index contributed by atoms with van der Waals surface area (Å²) in [7, 11) is 0. The van der Waals surface area contributed by atoms with Gasteiger partial charge in [0, 0.05) is 17.2 Å². The molecule has 1 aromatic heterocycles. The predicted molar refractivity (Wildman–Crippen MR) is 89.4 cm³/mol. The second-order valence-electron chi connectivity index (χ2n) is 5.00. The molecule has 0 atom stereocenters. The maximum Gasteiger partial charge on any atom is 0.264 e. The molecule has 6 nitrogen and oxygen atoms in total. The molecule has 0 bridgehead atoms. The molecule has 0 aliphatic rings. The van der Waals surface area contributed by atoms with Crippen LogP contribution < -0.4 is 10.9 Å². The summed E-state index contributed by atoms with van der Waals surface area (Å²) in [5.74, 6) is -0.330. The highest BCUT2D eigenvalue weighted by molar-refractivity contribution is 6.06. The number of benzene rings is 2. The van der Waals surface area contributed by atoms with Crippen LogP contribution >= 0.6 is 0 Å². The molecule has 0 fully saturated rings. The van der Waals surface area contributed by atoms with Crippen molar-refractivity contribution >= 4 is 11.6 Å². The Bertz CT molecular complexity index is 982. The SMILES string of the molecule is N#Cc1cccc(C(=O)Nc2ccccc2-c2ccc(=O)[nH]n2)c1. The number of aromatic nitrogens is 2. The van der Waals surface area contributed by atoms with Gasteiger partial charge in [0.25, 0.3) is 11.5 Å². The number of nitrogens with zero attached hydrogens (tertiary/aromatic N) is 2. The van der Waals surface area contributed by atoms with Crippen LogP contribution in [0, 0.1) is 11.3 Å². The number of nitrogens with one attached hydrogen (secondary N) is 2. The molecule has 116 valence electrons. The fraction of sp³-hybridized carbons (Fsp3) is 0. The Morgan fingerprint density at radius 2 is 1.92 bits per heavy atom. The van der Waals surface area contributed by atoms with Gasteiger partial charge in [-0.05, 0) is 30.3 Å². The Balaban J connectivity index is 1.93. The first kappa shape index (κ1) is 15.2. The summed E-state index contributed by atoms with van der Waals surface area (Å²) in [6.07, 6.45) is 0. The van der Waals surface area contributed by atoms with Gasteiger partial charge in [0.2, 0.25) is 0 Å². The number of carbonyl (C=O) groups is 1. The third-order valence-corrected chi connectivity index (χ3v) is 3.38.